The van der Waals surface area contributed by atoms with Gasteiger partial charge >= 0.3 is 0 Å². The minimum absolute atomic E-state index is 0.111. The molecule has 1 fully saturated rings. The molecular weight excluding hydrogens is 320 g/mol. The first-order valence-electron chi connectivity index (χ1n) is 7.53. The Hall–Kier alpha value is -1.79. The molecule has 1 saturated heterocycles. The Labute approximate surface area is 140 Å². The van der Waals surface area contributed by atoms with Gasteiger partial charge in [0, 0.05) is 23.7 Å². The lowest BCUT2D eigenvalue weighted by atomic mass is 10.2. The number of rotatable bonds is 5. The first-order valence-corrected chi connectivity index (χ1v) is 7.90. The van der Waals surface area contributed by atoms with E-state index in [1.54, 1.807) is 30.0 Å². The highest BCUT2D eigenvalue weighted by Crippen LogP contribution is 2.24. The molecule has 6 nitrogen and oxygen atoms in total. The number of hydrogen-bond acceptors (Lipinski definition) is 4. The van der Waals surface area contributed by atoms with E-state index in [2.05, 4.69) is 5.32 Å². The number of nitrogens with one attached hydrogen (secondary N) is 1. The summed E-state index contributed by atoms with van der Waals surface area (Å²) in [6, 6.07) is 4.67. The van der Waals surface area contributed by atoms with Crippen molar-refractivity contribution in [1.82, 2.24) is 10.2 Å². The van der Waals surface area contributed by atoms with Gasteiger partial charge in [0.25, 0.3) is 5.91 Å². The molecule has 23 heavy (non-hydrogen) atoms. The third-order valence-electron chi connectivity index (χ3n) is 3.65. The summed E-state index contributed by atoms with van der Waals surface area (Å²) in [5.74, 6) is 0.0962. The van der Waals surface area contributed by atoms with E-state index >= 15 is 0 Å². The molecule has 7 heteroatoms. The van der Waals surface area contributed by atoms with Crippen molar-refractivity contribution in [3.8, 4) is 5.75 Å². The number of morpholine rings is 1. The van der Waals surface area contributed by atoms with E-state index in [-0.39, 0.29) is 18.4 Å². The first-order chi connectivity index (χ1) is 11.0. The molecule has 1 aliphatic heterocycles. The predicted molar refractivity (Wildman–Crippen MR) is 86.7 cm³/mol. The summed E-state index contributed by atoms with van der Waals surface area (Å²) < 4.78 is 10.7. The molecular formula is C16H21ClN2O4. The lowest BCUT2D eigenvalue weighted by Crippen LogP contribution is -2.51. The van der Waals surface area contributed by atoms with Crippen molar-refractivity contribution in [2.45, 2.75) is 19.9 Å². The SMILES string of the molecule is Cc1c(Cl)cccc1OCC(=O)NC(C)C(=O)N1CCOCC1. The van der Waals surface area contributed by atoms with Gasteiger partial charge < -0.3 is 19.7 Å². The minimum atomic E-state index is -0.593. The fourth-order valence-corrected chi connectivity index (χ4v) is 2.46. The van der Waals surface area contributed by atoms with Crippen molar-refractivity contribution in [3.05, 3.63) is 28.8 Å². The molecule has 1 aromatic rings. The van der Waals surface area contributed by atoms with Gasteiger partial charge in [0.15, 0.2) is 6.61 Å². The molecule has 1 aromatic carbocycles. The zero-order valence-electron chi connectivity index (χ0n) is 13.3. The molecule has 0 saturated carbocycles. The molecule has 0 radical (unpaired) electrons. The second-order valence-electron chi connectivity index (χ2n) is 5.38. The number of carbonyl (C=O) groups excluding carboxylic acids is 2. The second-order valence-corrected chi connectivity index (χ2v) is 5.79. The van der Waals surface area contributed by atoms with Crippen LogP contribution in [0.1, 0.15) is 12.5 Å². The lowest BCUT2D eigenvalue weighted by molar-refractivity contribution is -0.139. The molecule has 2 rings (SSSR count). The first kappa shape index (κ1) is 17.6. The maximum atomic E-state index is 12.2. The highest BCUT2D eigenvalue weighted by Gasteiger charge is 2.23. The fraction of sp³-hybridized carbons (Fsp3) is 0.500. The van der Waals surface area contributed by atoms with Gasteiger partial charge in [-0.05, 0) is 26.0 Å². The van der Waals surface area contributed by atoms with Crippen LogP contribution in [0.2, 0.25) is 5.02 Å². The van der Waals surface area contributed by atoms with E-state index in [1.165, 1.54) is 0 Å². The zero-order chi connectivity index (χ0) is 16.8. The molecule has 0 spiro atoms. The standard InChI is InChI=1S/C16H21ClN2O4/c1-11-13(17)4-3-5-14(11)23-10-15(20)18-12(2)16(21)19-6-8-22-9-7-19/h3-5,12H,6-10H2,1-2H3,(H,18,20). The van der Waals surface area contributed by atoms with Crippen LogP contribution in [-0.2, 0) is 14.3 Å². The van der Waals surface area contributed by atoms with Crippen molar-refractivity contribution in [3.63, 3.8) is 0 Å². The molecule has 1 aliphatic rings. The van der Waals surface area contributed by atoms with E-state index in [9.17, 15) is 9.59 Å². The minimum Gasteiger partial charge on any atom is -0.483 e. The average Bonchev–Trinajstić information content (AvgIpc) is 2.56. The quantitative estimate of drug-likeness (QED) is 0.879. The van der Waals surface area contributed by atoms with Crippen molar-refractivity contribution >= 4 is 23.4 Å². The van der Waals surface area contributed by atoms with Crippen LogP contribution in [0.5, 0.6) is 5.75 Å². The van der Waals surface area contributed by atoms with Gasteiger partial charge in [-0.25, -0.2) is 0 Å². The van der Waals surface area contributed by atoms with Crippen LogP contribution >= 0.6 is 11.6 Å². The summed E-state index contributed by atoms with van der Waals surface area (Å²) in [6.07, 6.45) is 0. The Bertz CT molecular complexity index is 573. The normalized spacial score (nSPS) is 15.9. The lowest BCUT2D eigenvalue weighted by Gasteiger charge is -2.29. The summed E-state index contributed by atoms with van der Waals surface area (Å²) in [4.78, 5) is 25.8. The molecule has 1 N–H and O–H groups in total. The Morgan fingerprint density at radius 3 is 2.78 bits per heavy atom. The van der Waals surface area contributed by atoms with Crippen LogP contribution < -0.4 is 10.1 Å². The van der Waals surface area contributed by atoms with Crippen LogP contribution in [0.3, 0.4) is 0 Å². The number of halogens is 1. The number of amides is 2. The molecule has 1 heterocycles. The highest BCUT2D eigenvalue weighted by molar-refractivity contribution is 6.31. The smallest absolute Gasteiger partial charge is 0.258 e. The highest BCUT2D eigenvalue weighted by atomic mass is 35.5. The predicted octanol–water partition coefficient (Wildman–Crippen LogP) is 1.39. The van der Waals surface area contributed by atoms with Gasteiger partial charge in [0.05, 0.1) is 13.2 Å². The Kier molecular flexibility index (Phi) is 6.24. The van der Waals surface area contributed by atoms with E-state index in [0.717, 1.165) is 5.56 Å². The van der Waals surface area contributed by atoms with Crippen molar-refractivity contribution in [2.24, 2.45) is 0 Å². The maximum absolute atomic E-state index is 12.2. The largest absolute Gasteiger partial charge is 0.483 e. The molecule has 1 unspecified atom stereocenters. The number of nitrogens with zero attached hydrogens (tertiary/aromatic N) is 1. The van der Waals surface area contributed by atoms with E-state index in [1.807, 2.05) is 6.92 Å². The number of benzene rings is 1. The molecule has 0 aliphatic carbocycles. The molecule has 126 valence electrons. The van der Waals surface area contributed by atoms with Crippen LogP contribution in [0.15, 0.2) is 18.2 Å². The molecule has 0 bridgehead atoms. The van der Waals surface area contributed by atoms with Gasteiger partial charge in [0.2, 0.25) is 5.91 Å². The van der Waals surface area contributed by atoms with Crippen molar-refractivity contribution in [1.29, 1.82) is 0 Å². The molecule has 1 atom stereocenters. The Morgan fingerprint density at radius 2 is 2.09 bits per heavy atom. The van der Waals surface area contributed by atoms with Crippen LogP contribution in [0, 0.1) is 6.92 Å². The van der Waals surface area contributed by atoms with Crippen LogP contribution in [-0.4, -0.2) is 55.7 Å². The second kappa shape index (κ2) is 8.17. The van der Waals surface area contributed by atoms with Gasteiger partial charge in [0.1, 0.15) is 11.8 Å². The molecule has 0 aromatic heterocycles. The zero-order valence-corrected chi connectivity index (χ0v) is 14.1. The van der Waals surface area contributed by atoms with Crippen molar-refractivity contribution in [2.75, 3.05) is 32.9 Å². The summed E-state index contributed by atoms with van der Waals surface area (Å²) in [6.45, 7) is 5.49. The van der Waals surface area contributed by atoms with Crippen LogP contribution in [0.4, 0.5) is 0 Å². The molecule has 2 amide bonds. The number of ether oxygens (including phenoxy) is 2. The monoisotopic (exact) mass is 340 g/mol. The van der Waals surface area contributed by atoms with Crippen molar-refractivity contribution < 1.29 is 19.1 Å². The number of carbonyl (C=O) groups is 2. The summed E-state index contributed by atoms with van der Waals surface area (Å²) in [7, 11) is 0. The average molecular weight is 341 g/mol. The number of hydrogen-bond donors (Lipinski definition) is 1. The summed E-state index contributed by atoms with van der Waals surface area (Å²) >= 11 is 6.00. The Morgan fingerprint density at radius 1 is 1.39 bits per heavy atom. The maximum Gasteiger partial charge on any atom is 0.258 e. The summed E-state index contributed by atoms with van der Waals surface area (Å²) in [5, 5.41) is 3.23. The van der Waals surface area contributed by atoms with Gasteiger partial charge in [-0.2, -0.15) is 0 Å². The third-order valence-corrected chi connectivity index (χ3v) is 4.06. The van der Waals surface area contributed by atoms with Gasteiger partial charge in [-0.3, -0.25) is 9.59 Å². The summed E-state index contributed by atoms with van der Waals surface area (Å²) in [5.41, 5.74) is 0.777. The van der Waals surface area contributed by atoms with E-state index < -0.39 is 6.04 Å². The topological polar surface area (TPSA) is 67.9 Å². The van der Waals surface area contributed by atoms with E-state index in [0.29, 0.717) is 37.1 Å². The third kappa shape index (κ3) is 4.84. The van der Waals surface area contributed by atoms with E-state index in [4.69, 9.17) is 21.1 Å². The fourth-order valence-electron chi connectivity index (χ4n) is 2.29. The van der Waals surface area contributed by atoms with Gasteiger partial charge in [-0.15, -0.1) is 0 Å². The van der Waals surface area contributed by atoms with Crippen LogP contribution in [0.25, 0.3) is 0 Å². The van der Waals surface area contributed by atoms with Gasteiger partial charge in [-0.1, -0.05) is 17.7 Å². The Balaban J connectivity index is 1.81.